The molecule has 0 amide bonds. The fourth-order valence-electron chi connectivity index (χ4n) is 1.97. The predicted molar refractivity (Wildman–Crippen MR) is 80.4 cm³/mol. The summed E-state index contributed by atoms with van der Waals surface area (Å²) in [6.07, 6.45) is 4.34. The van der Waals surface area contributed by atoms with Crippen LogP contribution >= 0.6 is 22.2 Å². The van der Waals surface area contributed by atoms with Crippen molar-refractivity contribution in [3.63, 3.8) is 0 Å². The summed E-state index contributed by atoms with van der Waals surface area (Å²) in [6, 6.07) is 0.511. The van der Waals surface area contributed by atoms with Gasteiger partial charge in [0.1, 0.15) is 0 Å². The monoisotopic (exact) mass is 336 g/mol. The van der Waals surface area contributed by atoms with E-state index in [0.717, 1.165) is 19.3 Å². The van der Waals surface area contributed by atoms with Crippen LogP contribution in [0.3, 0.4) is 0 Å². The van der Waals surface area contributed by atoms with E-state index in [4.69, 9.17) is 22.2 Å². The zero-order chi connectivity index (χ0) is 14.8. The van der Waals surface area contributed by atoms with Gasteiger partial charge in [-0.05, 0) is 12.1 Å². The van der Waals surface area contributed by atoms with Gasteiger partial charge < -0.3 is 0 Å². The molecule has 0 bridgehead atoms. The third-order valence-corrected chi connectivity index (χ3v) is 7.50. The number of halogens is 5. The van der Waals surface area contributed by atoms with Crippen molar-refractivity contribution in [2.24, 2.45) is 0 Å². The van der Waals surface area contributed by atoms with Gasteiger partial charge in [0.15, 0.2) is 0 Å². The van der Waals surface area contributed by atoms with E-state index in [1.54, 1.807) is 0 Å². The lowest BCUT2D eigenvalue weighted by Gasteiger charge is -2.17. The minimum atomic E-state index is -4.14. The Morgan fingerprint density at radius 3 is 1.74 bits per heavy atom. The van der Waals surface area contributed by atoms with E-state index in [-0.39, 0.29) is 6.04 Å². The van der Waals surface area contributed by atoms with E-state index in [0.29, 0.717) is 6.04 Å². The second-order valence-corrected chi connectivity index (χ2v) is 12.8. The van der Waals surface area contributed by atoms with E-state index >= 15 is 0 Å². The molecule has 0 rings (SSSR count). The van der Waals surface area contributed by atoms with E-state index in [1.165, 1.54) is 32.1 Å². The van der Waals surface area contributed by atoms with Crippen molar-refractivity contribution in [1.29, 1.82) is 0 Å². The molecule has 116 valence electrons. The van der Waals surface area contributed by atoms with Crippen LogP contribution in [0, 0.1) is 0 Å². The van der Waals surface area contributed by atoms with Gasteiger partial charge in [0.05, 0.1) is 0 Å². The predicted octanol–water partition coefficient (Wildman–Crippen LogP) is 7.00. The van der Waals surface area contributed by atoms with Crippen molar-refractivity contribution in [2.75, 3.05) is 0 Å². The minimum Gasteiger partial charge on any atom is -0.171 e. The van der Waals surface area contributed by atoms with Crippen molar-refractivity contribution in [2.45, 2.75) is 83.0 Å². The fraction of sp³-hybridized carbons (Fsp3) is 1.00. The molecule has 0 aromatic heterocycles. The van der Waals surface area contributed by atoms with Crippen LogP contribution in [-0.4, -0.2) is 12.9 Å². The number of alkyl halides is 3. The van der Waals surface area contributed by atoms with Crippen LogP contribution in [0.4, 0.5) is 13.2 Å². The smallest absolute Gasteiger partial charge is 0.171 e. The van der Waals surface area contributed by atoms with E-state index in [9.17, 15) is 13.2 Å². The summed E-state index contributed by atoms with van der Waals surface area (Å²) in [6.45, 7) is -0.483. The maximum absolute atomic E-state index is 12.1. The minimum absolute atomic E-state index is 0.0733. The lowest BCUT2D eigenvalue weighted by molar-refractivity contribution is -0.130. The van der Waals surface area contributed by atoms with Crippen LogP contribution in [0.2, 0.25) is 12.1 Å². The first-order valence-corrected chi connectivity index (χ1v) is 11.7. The number of hydrogen-bond acceptors (Lipinski definition) is 0. The summed E-state index contributed by atoms with van der Waals surface area (Å²) >= 11 is 12.1. The van der Waals surface area contributed by atoms with Crippen LogP contribution in [-0.2, 0) is 0 Å². The van der Waals surface area contributed by atoms with E-state index in [2.05, 4.69) is 6.92 Å². The molecule has 0 saturated heterocycles. The van der Waals surface area contributed by atoms with Gasteiger partial charge in [0.2, 0.25) is 0 Å². The molecule has 0 aromatic carbocycles. The van der Waals surface area contributed by atoms with Crippen LogP contribution in [0.5, 0.6) is 0 Å². The molecule has 19 heavy (non-hydrogen) atoms. The SMILES string of the molecule is CCCCCCCCCC[Si](Cl)(Cl)CCC(F)(F)F. The Labute approximate surface area is 125 Å². The molecular formula is C13H25Cl2F3Si. The highest BCUT2D eigenvalue weighted by molar-refractivity contribution is 7.45. The Morgan fingerprint density at radius 2 is 1.26 bits per heavy atom. The van der Waals surface area contributed by atoms with E-state index in [1.807, 2.05) is 0 Å². The van der Waals surface area contributed by atoms with Crippen LogP contribution < -0.4 is 0 Å². The zero-order valence-electron chi connectivity index (χ0n) is 11.7. The maximum Gasteiger partial charge on any atom is 0.388 e. The van der Waals surface area contributed by atoms with Gasteiger partial charge in [-0.25, -0.2) is 0 Å². The molecule has 0 atom stereocenters. The lowest BCUT2D eigenvalue weighted by Crippen LogP contribution is -2.22. The Balaban J connectivity index is 3.48. The molecule has 0 aliphatic rings. The zero-order valence-corrected chi connectivity index (χ0v) is 14.2. The first-order valence-electron chi connectivity index (χ1n) is 7.21. The lowest BCUT2D eigenvalue weighted by atomic mass is 10.1. The molecule has 0 fully saturated rings. The van der Waals surface area contributed by atoms with Crippen molar-refractivity contribution < 1.29 is 13.2 Å². The molecule has 0 unspecified atom stereocenters. The molecule has 0 aromatic rings. The first kappa shape index (κ1) is 19.6. The summed E-state index contributed by atoms with van der Waals surface area (Å²) < 4.78 is 36.2. The number of unbranched alkanes of at least 4 members (excludes halogenated alkanes) is 7. The molecule has 0 aliphatic heterocycles. The second kappa shape index (κ2) is 10.3. The molecule has 0 saturated carbocycles. The normalized spacial score (nSPS) is 12.9. The molecule has 6 heteroatoms. The Hall–Kier alpha value is 0.587. The average molecular weight is 337 g/mol. The largest absolute Gasteiger partial charge is 0.388 e. The van der Waals surface area contributed by atoms with Gasteiger partial charge in [-0.2, -0.15) is 13.2 Å². The van der Waals surface area contributed by atoms with Gasteiger partial charge in [-0.3, -0.25) is 0 Å². The number of hydrogen-bond donors (Lipinski definition) is 0. The van der Waals surface area contributed by atoms with Gasteiger partial charge >= 0.3 is 6.18 Å². The van der Waals surface area contributed by atoms with Crippen LogP contribution in [0.25, 0.3) is 0 Å². The summed E-state index contributed by atoms with van der Waals surface area (Å²) in [5, 5.41) is 0. The second-order valence-electron chi connectivity index (χ2n) is 5.20. The summed E-state index contributed by atoms with van der Waals surface area (Å²) in [5.41, 5.74) is 0. The Bertz CT molecular complexity index is 220. The molecule has 0 radical (unpaired) electrons. The van der Waals surface area contributed by atoms with Crippen molar-refractivity contribution in [1.82, 2.24) is 0 Å². The highest BCUT2D eigenvalue weighted by atomic mass is 35.7. The molecular weight excluding hydrogens is 312 g/mol. The number of rotatable bonds is 11. The third kappa shape index (κ3) is 14.8. The molecule has 0 spiro atoms. The summed E-state index contributed by atoms with van der Waals surface area (Å²) in [7, 11) is 0. The van der Waals surface area contributed by atoms with E-state index < -0.39 is 19.3 Å². The first-order chi connectivity index (χ1) is 8.77. The molecule has 0 aliphatic carbocycles. The molecule has 0 N–H and O–H groups in total. The Morgan fingerprint density at radius 1 is 0.789 bits per heavy atom. The standard InChI is InChI=1S/C13H25Cl2F3Si/c1-2-3-4-5-6-7-8-9-11-19(14,15)12-10-13(16,17)18/h2-12H2,1H3. The molecule has 0 nitrogen and oxygen atoms in total. The molecule has 0 heterocycles. The van der Waals surface area contributed by atoms with Gasteiger partial charge in [0, 0.05) is 6.42 Å². The average Bonchev–Trinajstić information content (AvgIpc) is 2.29. The highest BCUT2D eigenvalue weighted by Gasteiger charge is 2.35. The quantitative estimate of drug-likeness (QED) is 0.216. The maximum atomic E-state index is 12.1. The highest BCUT2D eigenvalue weighted by Crippen LogP contribution is 2.34. The van der Waals surface area contributed by atoms with Crippen molar-refractivity contribution >= 4 is 28.9 Å². The topological polar surface area (TPSA) is 0 Å². The van der Waals surface area contributed by atoms with Crippen molar-refractivity contribution in [3.05, 3.63) is 0 Å². The van der Waals surface area contributed by atoms with Gasteiger partial charge in [0.25, 0.3) is 6.69 Å². The van der Waals surface area contributed by atoms with Gasteiger partial charge in [-0.15, -0.1) is 22.2 Å². The van der Waals surface area contributed by atoms with Crippen LogP contribution in [0.1, 0.15) is 64.7 Å². The summed E-state index contributed by atoms with van der Waals surface area (Å²) in [5.74, 6) is 0. The van der Waals surface area contributed by atoms with Crippen LogP contribution in [0.15, 0.2) is 0 Å². The fourth-order valence-corrected chi connectivity index (χ4v) is 5.00. The third-order valence-electron chi connectivity index (χ3n) is 3.17. The summed E-state index contributed by atoms with van der Waals surface area (Å²) in [4.78, 5) is 0. The Kier molecular flexibility index (Phi) is 10.7. The van der Waals surface area contributed by atoms with Gasteiger partial charge in [-0.1, -0.05) is 58.3 Å². The van der Waals surface area contributed by atoms with Crippen molar-refractivity contribution in [3.8, 4) is 0 Å².